The molecule has 0 saturated carbocycles. The molecule has 18 heavy (non-hydrogen) atoms. The molecule has 0 aromatic heterocycles. The number of carboxylic acid groups (broad SMARTS) is 1. The number of rotatable bonds is 9. The van der Waals surface area contributed by atoms with Gasteiger partial charge in [-0.3, -0.25) is 4.79 Å². The maximum atomic E-state index is 11.3. The first-order valence-corrected chi connectivity index (χ1v) is 9.10. The maximum absolute atomic E-state index is 11.3. The summed E-state index contributed by atoms with van der Waals surface area (Å²) in [4.78, 5) is 10.3. The Bertz CT molecular complexity index is 467. The Morgan fingerprint density at radius 2 is 1.78 bits per heavy atom. The lowest BCUT2D eigenvalue weighted by Crippen LogP contribution is -2.31. The van der Waals surface area contributed by atoms with E-state index >= 15 is 0 Å². The fraction of sp³-hybridized carbons (Fsp3) is 0.889. The lowest BCUT2D eigenvalue weighted by Gasteiger charge is -2.10. The summed E-state index contributed by atoms with van der Waals surface area (Å²) < 4.78 is 46.5. The average Bonchev–Trinajstić information content (AvgIpc) is 2.10. The third-order valence-corrected chi connectivity index (χ3v) is 5.78. The Morgan fingerprint density at radius 3 is 2.22 bits per heavy atom. The Hall–Kier alpha value is -0.670. The molecule has 0 spiro atoms. The van der Waals surface area contributed by atoms with Gasteiger partial charge < -0.3 is 5.11 Å². The Labute approximate surface area is 108 Å². The van der Waals surface area contributed by atoms with Crippen LogP contribution >= 0.6 is 0 Å². The summed E-state index contributed by atoms with van der Waals surface area (Å²) in [5.41, 5.74) is 0. The molecule has 2 N–H and O–H groups in total. The highest BCUT2D eigenvalue weighted by atomic mass is 32.3. The highest BCUT2D eigenvalue weighted by Gasteiger charge is 2.17. The van der Waals surface area contributed by atoms with Gasteiger partial charge in [-0.05, 0) is 18.8 Å². The predicted octanol–water partition coefficient (Wildman–Crippen LogP) is -0.201. The minimum Gasteiger partial charge on any atom is -0.481 e. The summed E-state index contributed by atoms with van der Waals surface area (Å²) in [5.74, 6) is -0.832. The van der Waals surface area contributed by atoms with Crippen LogP contribution in [0.1, 0.15) is 26.2 Å². The highest BCUT2D eigenvalue weighted by Crippen LogP contribution is 2.09. The SMILES string of the molecule is CC(CCNS(=O)(=O)CS(C)(=O)=O)CCC(=O)O. The van der Waals surface area contributed by atoms with Crippen LogP contribution in [0.15, 0.2) is 0 Å². The van der Waals surface area contributed by atoms with Gasteiger partial charge in [-0.1, -0.05) is 6.92 Å². The zero-order valence-electron chi connectivity index (χ0n) is 10.4. The summed E-state index contributed by atoms with van der Waals surface area (Å²) in [6.07, 6.45) is 1.82. The van der Waals surface area contributed by atoms with Crippen molar-refractivity contribution in [2.75, 3.05) is 17.9 Å². The van der Waals surface area contributed by atoms with Crippen LogP contribution in [-0.2, 0) is 24.7 Å². The second-order valence-electron chi connectivity index (χ2n) is 4.38. The van der Waals surface area contributed by atoms with Crippen molar-refractivity contribution in [3.63, 3.8) is 0 Å². The first kappa shape index (κ1) is 17.3. The van der Waals surface area contributed by atoms with Crippen LogP contribution in [0.3, 0.4) is 0 Å². The number of hydrogen-bond donors (Lipinski definition) is 2. The molecule has 0 saturated heterocycles. The summed E-state index contributed by atoms with van der Waals surface area (Å²) in [6, 6.07) is 0. The molecule has 0 aromatic carbocycles. The summed E-state index contributed by atoms with van der Waals surface area (Å²) >= 11 is 0. The van der Waals surface area contributed by atoms with Crippen LogP contribution in [-0.4, -0.2) is 45.8 Å². The number of carboxylic acids is 1. The van der Waals surface area contributed by atoms with Gasteiger partial charge in [0.25, 0.3) is 0 Å². The van der Waals surface area contributed by atoms with Gasteiger partial charge in [0.05, 0.1) is 0 Å². The van der Waals surface area contributed by atoms with Crippen LogP contribution in [0.5, 0.6) is 0 Å². The lowest BCUT2D eigenvalue weighted by atomic mass is 10.0. The van der Waals surface area contributed by atoms with Crippen molar-refractivity contribution < 1.29 is 26.7 Å². The molecule has 0 aromatic rings. The molecule has 0 fully saturated rings. The average molecular weight is 301 g/mol. The van der Waals surface area contributed by atoms with Crippen LogP contribution < -0.4 is 4.72 Å². The van der Waals surface area contributed by atoms with E-state index in [0.717, 1.165) is 6.26 Å². The molecule has 0 aliphatic carbocycles. The van der Waals surface area contributed by atoms with Gasteiger partial charge in [-0.25, -0.2) is 21.6 Å². The molecule has 0 bridgehead atoms. The second kappa shape index (κ2) is 7.05. The molecule has 1 atom stereocenters. The van der Waals surface area contributed by atoms with E-state index in [1.165, 1.54) is 0 Å². The van der Waals surface area contributed by atoms with Gasteiger partial charge in [0, 0.05) is 19.2 Å². The molecular formula is C9H19NO6S2. The Kier molecular flexibility index (Phi) is 6.79. The van der Waals surface area contributed by atoms with Gasteiger partial charge in [-0.2, -0.15) is 0 Å². The van der Waals surface area contributed by atoms with Crippen molar-refractivity contribution in [1.82, 2.24) is 4.72 Å². The summed E-state index contributed by atoms with van der Waals surface area (Å²) in [6.45, 7) is 1.92. The first-order valence-electron chi connectivity index (χ1n) is 5.39. The van der Waals surface area contributed by atoms with Gasteiger partial charge >= 0.3 is 5.97 Å². The minimum absolute atomic E-state index is 0.0389. The molecule has 0 heterocycles. The van der Waals surface area contributed by atoms with E-state index in [1.807, 2.05) is 6.92 Å². The number of carbonyl (C=O) groups is 1. The van der Waals surface area contributed by atoms with Gasteiger partial charge in [0.1, 0.15) is 0 Å². The van der Waals surface area contributed by atoms with E-state index in [2.05, 4.69) is 4.72 Å². The zero-order valence-corrected chi connectivity index (χ0v) is 12.1. The fourth-order valence-corrected chi connectivity index (χ4v) is 4.32. The van der Waals surface area contributed by atoms with Crippen molar-refractivity contribution in [3.05, 3.63) is 0 Å². The van der Waals surface area contributed by atoms with Gasteiger partial charge in [0.2, 0.25) is 10.0 Å². The molecule has 0 aliphatic heterocycles. The third kappa shape index (κ3) is 10.5. The van der Waals surface area contributed by atoms with Crippen molar-refractivity contribution >= 4 is 25.8 Å². The Balaban J connectivity index is 4.00. The summed E-state index contributed by atoms with van der Waals surface area (Å²) in [7, 11) is -7.40. The predicted molar refractivity (Wildman–Crippen MR) is 67.3 cm³/mol. The third-order valence-electron chi connectivity index (χ3n) is 2.18. The van der Waals surface area contributed by atoms with Gasteiger partial charge in [0.15, 0.2) is 14.9 Å². The molecule has 0 rings (SSSR count). The highest BCUT2D eigenvalue weighted by molar-refractivity contribution is 8.06. The topological polar surface area (TPSA) is 118 Å². The monoisotopic (exact) mass is 301 g/mol. The van der Waals surface area contributed by atoms with Crippen LogP contribution in [0.25, 0.3) is 0 Å². The Morgan fingerprint density at radius 1 is 1.22 bits per heavy atom. The largest absolute Gasteiger partial charge is 0.481 e. The fourth-order valence-electron chi connectivity index (χ4n) is 1.30. The van der Waals surface area contributed by atoms with Crippen LogP contribution in [0, 0.1) is 5.92 Å². The smallest absolute Gasteiger partial charge is 0.303 e. The molecule has 0 radical (unpaired) electrons. The van der Waals surface area contributed by atoms with E-state index in [-0.39, 0.29) is 18.9 Å². The molecule has 0 aliphatic rings. The molecular weight excluding hydrogens is 282 g/mol. The van der Waals surface area contributed by atoms with Crippen molar-refractivity contribution in [1.29, 1.82) is 0 Å². The normalized spacial score (nSPS) is 14.3. The van der Waals surface area contributed by atoms with Crippen molar-refractivity contribution in [2.24, 2.45) is 5.92 Å². The number of aliphatic carboxylic acids is 1. The molecule has 108 valence electrons. The van der Waals surface area contributed by atoms with Gasteiger partial charge in [-0.15, -0.1) is 0 Å². The van der Waals surface area contributed by atoms with Crippen LogP contribution in [0.2, 0.25) is 0 Å². The number of hydrogen-bond acceptors (Lipinski definition) is 5. The molecule has 1 unspecified atom stereocenters. The number of sulfonamides is 1. The minimum atomic E-state index is -3.82. The van der Waals surface area contributed by atoms with E-state index < -0.39 is 30.9 Å². The van der Waals surface area contributed by atoms with E-state index in [9.17, 15) is 21.6 Å². The molecule has 9 heteroatoms. The summed E-state index contributed by atoms with van der Waals surface area (Å²) in [5, 5.41) is 7.54. The van der Waals surface area contributed by atoms with Crippen molar-refractivity contribution in [3.8, 4) is 0 Å². The maximum Gasteiger partial charge on any atom is 0.303 e. The zero-order chi connectivity index (χ0) is 14.4. The molecule has 0 amide bonds. The first-order chi connectivity index (χ1) is 8.02. The van der Waals surface area contributed by atoms with Crippen molar-refractivity contribution in [2.45, 2.75) is 26.2 Å². The van der Waals surface area contributed by atoms with E-state index in [1.54, 1.807) is 0 Å². The quantitative estimate of drug-likeness (QED) is 0.609. The second-order valence-corrected chi connectivity index (χ2v) is 8.69. The standard InChI is InChI=1S/C9H19NO6S2/c1-8(3-4-9(11)12)5-6-10-18(15,16)7-17(2,13)14/h8,10H,3-7H2,1-2H3,(H,11,12). The molecule has 7 nitrogen and oxygen atoms in total. The van der Waals surface area contributed by atoms with E-state index in [0.29, 0.717) is 12.8 Å². The number of sulfone groups is 1. The lowest BCUT2D eigenvalue weighted by molar-refractivity contribution is -0.137. The number of nitrogens with one attached hydrogen (secondary N) is 1. The van der Waals surface area contributed by atoms with Crippen LogP contribution in [0.4, 0.5) is 0 Å². The van der Waals surface area contributed by atoms with E-state index in [4.69, 9.17) is 5.11 Å².